The quantitative estimate of drug-likeness (QED) is 0.346. The molecule has 3 rings (SSSR count). The Bertz CT molecular complexity index is 1070. The van der Waals surface area contributed by atoms with Crippen LogP contribution in [0.3, 0.4) is 0 Å². The second kappa shape index (κ2) is 11.3. The van der Waals surface area contributed by atoms with E-state index in [4.69, 9.17) is 42.1 Å². The third-order valence-corrected chi connectivity index (χ3v) is 4.54. The summed E-state index contributed by atoms with van der Waals surface area (Å²) in [5.41, 5.74) is 0.244. The van der Waals surface area contributed by atoms with E-state index in [0.717, 1.165) is 0 Å². The van der Waals surface area contributed by atoms with Crippen molar-refractivity contribution in [1.82, 2.24) is 0 Å². The van der Waals surface area contributed by atoms with Gasteiger partial charge < -0.3 is 24.3 Å². The van der Waals surface area contributed by atoms with Crippen LogP contribution in [0.2, 0.25) is 10.0 Å². The van der Waals surface area contributed by atoms with Gasteiger partial charge in [0, 0.05) is 16.1 Å². The highest BCUT2D eigenvalue weighted by atomic mass is 35.5. The van der Waals surface area contributed by atoms with Crippen LogP contribution >= 0.6 is 23.2 Å². The first-order chi connectivity index (χ1) is 15.4. The lowest BCUT2D eigenvalue weighted by atomic mass is 10.2. The summed E-state index contributed by atoms with van der Waals surface area (Å²) in [6.45, 7) is -0.591. The van der Waals surface area contributed by atoms with Crippen LogP contribution in [0.15, 0.2) is 66.7 Å². The van der Waals surface area contributed by atoms with Gasteiger partial charge in [-0.25, -0.2) is 4.79 Å². The van der Waals surface area contributed by atoms with Crippen LogP contribution in [0.25, 0.3) is 0 Å². The Morgan fingerprint density at radius 1 is 0.781 bits per heavy atom. The highest BCUT2D eigenvalue weighted by Crippen LogP contribution is 2.29. The molecule has 32 heavy (non-hydrogen) atoms. The largest absolute Gasteiger partial charge is 0.497 e. The van der Waals surface area contributed by atoms with Crippen molar-refractivity contribution in [2.24, 2.45) is 0 Å². The number of ether oxygens (including phenoxy) is 4. The highest BCUT2D eigenvalue weighted by molar-refractivity contribution is 6.30. The molecule has 0 fully saturated rings. The van der Waals surface area contributed by atoms with E-state index in [1.807, 2.05) is 0 Å². The third-order valence-electron chi connectivity index (χ3n) is 4.04. The molecule has 0 aromatic heterocycles. The van der Waals surface area contributed by atoms with E-state index in [-0.39, 0.29) is 24.7 Å². The van der Waals surface area contributed by atoms with Crippen LogP contribution in [-0.4, -0.2) is 32.2 Å². The Kier molecular flexibility index (Phi) is 8.19. The molecule has 1 amide bonds. The van der Waals surface area contributed by atoms with Crippen LogP contribution in [0.5, 0.6) is 23.0 Å². The summed E-state index contributed by atoms with van der Waals surface area (Å²) in [4.78, 5) is 24.6. The standard InChI is InChI=1S/C23H19Cl2NO6/c1-29-19-10-11-21(32-23(28)14-31-18-8-4-16(25)5-9-18)20(12-19)26-22(27)13-30-17-6-2-15(24)3-7-17/h2-12H,13-14H2,1H3,(H,26,27). The number of halogens is 2. The maximum absolute atomic E-state index is 12.3. The monoisotopic (exact) mass is 475 g/mol. The molecule has 0 aliphatic carbocycles. The van der Waals surface area contributed by atoms with Crippen molar-refractivity contribution < 1.29 is 28.5 Å². The molecule has 9 heteroatoms. The Balaban J connectivity index is 1.60. The van der Waals surface area contributed by atoms with Gasteiger partial charge in [0.1, 0.15) is 17.2 Å². The van der Waals surface area contributed by atoms with Crippen LogP contribution in [0.4, 0.5) is 5.69 Å². The van der Waals surface area contributed by atoms with Gasteiger partial charge in [0.05, 0.1) is 12.8 Å². The summed E-state index contributed by atoms with van der Waals surface area (Å²) in [7, 11) is 1.48. The Morgan fingerprint density at radius 3 is 1.88 bits per heavy atom. The van der Waals surface area contributed by atoms with E-state index in [0.29, 0.717) is 27.3 Å². The van der Waals surface area contributed by atoms with Gasteiger partial charge in [-0.05, 0) is 60.7 Å². The summed E-state index contributed by atoms with van der Waals surface area (Å²) in [5.74, 6) is 0.447. The predicted octanol–water partition coefficient (Wildman–Crippen LogP) is 5.00. The van der Waals surface area contributed by atoms with Crippen molar-refractivity contribution in [1.29, 1.82) is 0 Å². The van der Waals surface area contributed by atoms with Crippen LogP contribution in [0.1, 0.15) is 0 Å². The molecule has 0 heterocycles. The topological polar surface area (TPSA) is 83.1 Å². The molecule has 0 aliphatic heterocycles. The van der Waals surface area contributed by atoms with Gasteiger partial charge in [0.25, 0.3) is 5.91 Å². The number of amides is 1. The minimum atomic E-state index is -0.655. The van der Waals surface area contributed by atoms with Crippen molar-refractivity contribution in [2.75, 3.05) is 25.6 Å². The maximum Gasteiger partial charge on any atom is 0.349 e. The summed E-state index contributed by atoms with van der Waals surface area (Å²) >= 11 is 11.7. The van der Waals surface area contributed by atoms with Crippen molar-refractivity contribution in [3.05, 3.63) is 76.8 Å². The van der Waals surface area contributed by atoms with E-state index < -0.39 is 11.9 Å². The molecule has 0 aliphatic rings. The van der Waals surface area contributed by atoms with Crippen molar-refractivity contribution in [2.45, 2.75) is 0 Å². The Morgan fingerprint density at radius 2 is 1.31 bits per heavy atom. The number of carbonyl (C=O) groups is 2. The smallest absolute Gasteiger partial charge is 0.349 e. The zero-order valence-corrected chi connectivity index (χ0v) is 18.5. The normalized spacial score (nSPS) is 10.2. The molecule has 166 valence electrons. The summed E-state index contributed by atoms with van der Waals surface area (Å²) < 4.78 is 21.3. The molecule has 3 aromatic rings. The van der Waals surface area contributed by atoms with E-state index in [1.54, 1.807) is 54.6 Å². The summed E-state index contributed by atoms with van der Waals surface area (Å²) in [5, 5.41) is 3.76. The lowest BCUT2D eigenvalue weighted by molar-refractivity contribution is -0.136. The number of anilines is 1. The highest BCUT2D eigenvalue weighted by Gasteiger charge is 2.14. The lowest BCUT2D eigenvalue weighted by Gasteiger charge is -2.13. The summed E-state index contributed by atoms with van der Waals surface area (Å²) in [6, 6.07) is 17.8. The van der Waals surface area contributed by atoms with E-state index in [2.05, 4.69) is 5.32 Å². The van der Waals surface area contributed by atoms with Crippen LogP contribution in [0, 0.1) is 0 Å². The van der Waals surface area contributed by atoms with Gasteiger partial charge in [-0.3, -0.25) is 4.79 Å². The number of nitrogens with one attached hydrogen (secondary N) is 1. The molecule has 0 saturated carbocycles. The minimum absolute atomic E-state index is 0.135. The second-order valence-corrected chi connectivity index (χ2v) is 7.24. The molecule has 3 aromatic carbocycles. The number of hydrogen-bond donors (Lipinski definition) is 1. The Hall–Kier alpha value is -3.42. The SMILES string of the molecule is COc1ccc(OC(=O)COc2ccc(Cl)cc2)c(NC(=O)COc2ccc(Cl)cc2)c1. The average Bonchev–Trinajstić information content (AvgIpc) is 2.79. The van der Waals surface area contributed by atoms with Crippen LogP contribution < -0.4 is 24.3 Å². The molecule has 0 unspecified atom stereocenters. The zero-order chi connectivity index (χ0) is 22.9. The van der Waals surface area contributed by atoms with Crippen molar-refractivity contribution in [3.63, 3.8) is 0 Å². The van der Waals surface area contributed by atoms with Gasteiger partial charge in [0.2, 0.25) is 0 Å². The molecule has 1 N–H and O–H groups in total. The zero-order valence-electron chi connectivity index (χ0n) is 17.0. The molecule has 7 nitrogen and oxygen atoms in total. The van der Waals surface area contributed by atoms with E-state index in [9.17, 15) is 9.59 Å². The maximum atomic E-state index is 12.3. The molecular weight excluding hydrogens is 457 g/mol. The molecule has 0 atom stereocenters. The minimum Gasteiger partial charge on any atom is -0.497 e. The molecule has 0 saturated heterocycles. The molecule has 0 spiro atoms. The molecule has 0 bridgehead atoms. The predicted molar refractivity (Wildman–Crippen MR) is 121 cm³/mol. The fourth-order valence-electron chi connectivity index (χ4n) is 2.51. The van der Waals surface area contributed by atoms with E-state index >= 15 is 0 Å². The number of hydrogen-bond acceptors (Lipinski definition) is 6. The average molecular weight is 476 g/mol. The van der Waals surface area contributed by atoms with Gasteiger partial charge in [-0.2, -0.15) is 0 Å². The van der Waals surface area contributed by atoms with Crippen molar-refractivity contribution in [3.8, 4) is 23.0 Å². The summed E-state index contributed by atoms with van der Waals surface area (Å²) in [6.07, 6.45) is 0. The third kappa shape index (κ3) is 7.08. The number of methoxy groups -OCH3 is 1. The second-order valence-electron chi connectivity index (χ2n) is 6.37. The van der Waals surface area contributed by atoms with Gasteiger partial charge in [-0.15, -0.1) is 0 Å². The van der Waals surface area contributed by atoms with Crippen LogP contribution in [-0.2, 0) is 9.59 Å². The van der Waals surface area contributed by atoms with Gasteiger partial charge in [0.15, 0.2) is 19.0 Å². The van der Waals surface area contributed by atoms with Gasteiger partial charge in [-0.1, -0.05) is 23.2 Å². The first kappa shape index (κ1) is 23.2. The number of benzene rings is 3. The molecular formula is C23H19Cl2NO6. The molecule has 0 radical (unpaired) electrons. The van der Waals surface area contributed by atoms with Gasteiger partial charge >= 0.3 is 5.97 Å². The fourth-order valence-corrected chi connectivity index (χ4v) is 2.77. The first-order valence-electron chi connectivity index (χ1n) is 9.38. The van der Waals surface area contributed by atoms with E-state index in [1.165, 1.54) is 19.2 Å². The lowest BCUT2D eigenvalue weighted by Crippen LogP contribution is -2.22. The number of carbonyl (C=O) groups excluding carboxylic acids is 2. The fraction of sp³-hybridized carbons (Fsp3) is 0.130. The first-order valence-corrected chi connectivity index (χ1v) is 10.1. The number of esters is 1. The number of rotatable bonds is 9. The van der Waals surface area contributed by atoms with Crippen molar-refractivity contribution >= 4 is 40.8 Å². The Labute approximate surface area is 194 Å².